The minimum atomic E-state index is -0.125. The van der Waals surface area contributed by atoms with Gasteiger partial charge in [-0.3, -0.25) is 4.79 Å². The minimum absolute atomic E-state index is 0.0705. The van der Waals surface area contributed by atoms with Crippen LogP contribution in [-0.4, -0.2) is 41.1 Å². The van der Waals surface area contributed by atoms with Gasteiger partial charge in [0, 0.05) is 32.5 Å². The van der Waals surface area contributed by atoms with Crippen molar-refractivity contribution < 1.29 is 14.3 Å². The highest BCUT2D eigenvalue weighted by molar-refractivity contribution is 6.30. The van der Waals surface area contributed by atoms with E-state index in [0.717, 1.165) is 17.5 Å². The molecule has 3 aromatic rings. The van der Waals surface area contributed by atoms with Crippen molar-refractivity contribution in [2.75, 3.05) is 25.6 Å². The summed E-state index contributed by atoms with van der Waals surface area (Å²) in [7, 11) is 1.49. The first kappa shape index (κ1) is 21.5. The van der Waals surface area contributed by atoms with E-state index in [1.807, 2.05) is 36.4 Å². The Bertz CT molecular complexity index is 952. The van der Waals surface area contributed by atoms with Crippen LogP contribution >= 0.6 is 11.6 Å². The lowest BCUT2D eigenvalue weighted by molar-refractivity contribution is -0.124. The summed E-state index contributed by atoms with van der Waals surface area (Å²) < 4.78 is 10.6. The van der Waals surface area contributed by atoms with Crippen LogP contribution in [0.2, 0.25) is 5.02 Å². The van der Waals surface area contributed by atoms with E-state index in [0.29, 0.717) is 35.7 Å². The number of nitrogens with one attached hydrogen (secondary N) is 2. The average Bonchev–Trinajstić information content (AvgIpc) is 2.75. The summed E-state index contributed by atoms with van der Waals surface area (Å²) in [5.74, 6) is 1.54. The molecule has 2 heterocycles. The van der Waals surface area contributed by atoms with Crippen molar-refractivity contribution in [3.8, 4) is 11.6 Å². The molecule has 1 amide bonds. The van der Waals surface area contributed by atoms with Crippen LogP contribution in [0, 0.1) is 0 Å². The van der Waals surface area contributed by atoms with Crippen LogP contribution in [0.5, 0.6) is 11.6 Å². The van der Waals surface area contributed by atoms with Crippen molar-refractivity contribution >= 4 is 23.5 Å². The molecular weight excluding hydrogens is 406 g/mol. The number of carbonyl (C=O) groups excluding carboxylic acids is 1. The van der Waals surface area contributed by atoms with E-state index in [4.69, 9.17) is 21.1 Å². The number of nitrogens with zero attached hydrogens (tertiary/aromatic N) is 3. The fourth-order valence-electron chi connectivity index (χ4n) is 2.57. The lowest BCUT2D eigenvalue weighted by Crippen LogP contribution is -2.28. The Hall–Kier alpha value is -3.23. The maximum Gasteiger partial charge on any atom is 0.245 e. The second-order valence-electron chi connectivity index (χ2n) is 6.36. The molecule has 0 unspecified atom stereocenters. The number of methoxy groups -OCH3 is 1. The molecular formula is C21H22ClN5O3. The van der Waals surface area contributed by atoms with Crippen molar-refractivity contribution in [3.63, 3.8) is 0 Å². The SMILES string of the molecule is COCC(=O)NCCc1ccc(Oc2cc(CNc3ncc(Cl)cn3)ccn2)cc1. The van der Waals surface area contributed by atoms with E-state index in [-0.39, 0.29) is 12.5 Å². The summed E-state index contributed by atoms with van der Waals surface area (Å²) in [6.45, 7) is 1.14. The molecule has 1 aromatic carbocycles. The normalized spacial score (nSPS) is 10.5. The van der Waals surface area contributed by atoms with Crippen molar-refractivity contribution in [1.82, 2.24) is 20.3 Å². The van der Waals surface area contributed by atoms with Gasteiger partial charge < -0.3 is 20.1 Å². The first-order valence-corrected chi connectivity index (χ1v) is 9.69. The Morgan fingerprint density at radius 3 is 2.57 bits per heavy atom. The third-order valence-electron chi connectivity index (χ3n) is 4.03. The number of halogens is 1. The van der Waals surface area contributed by atoms with Crippen LogP contribution in [0.3, 0.4) is 0 Å². The standard InChI is InChI=1S/C21H22ClN5O3/c1-29-14-19(28)23-8-6-15-2-4-18(5-3-15)30-20-10-16(7-9-24-20)11-25-21-26-12-17(22)13-27-21/h2-5,7,9-10,12-13H,6,8,11,14H2,1H3,(H,23,28)(H,25,26,27). The fraction of sp³-hybridized carbons (Fsp3) is 0.238. The first-order chi connectivity index (χ1) is 14.6. The summed E-state index contributed by atoms with van der Waals surface area (Å²) in [4.78, 5) is 23.8. The largest absolute Gasteiger partial charge is 0.439 e. The highest BCUT2D eigenvalue weighted by Crippen LogP contribution is 2.21. The van der Waals surface area contributed by atoms with Gasteiger partial charge in [0.1, 0.15) is 12.4 Å². The molecule has 156 valence electrons. The zero-order valence-electron chi connectivity index (χ0n) is 16.5. The van der Waals surface area contributed by atoms with Gasteiger partial charge in [-0.1, -0.05) is 23.7 Å². The zero-order chi connectivity index (χ0) is 21.2. The van der Waals surface area contributed by atoms with Crippen molar-refractivity contribution in [2.24, 2.45) is 0 Å². The van der Waals surface area contributed by atoms with Gasteiger partial charge in [0.25, 0.3) is 0 Å². The van der Waals surface area contributed by atoms with Crippen LogP contribution in [0.4, 0.5) is 5.95 Å². The van der Waals surface area contributed by atoms with Crippen LogP contribution in [-0.2, 0) is 22.5 Å². The lowest BCUT2D eigenvalue weighted by Gasteiger charge is -2.09. The molecule has 0 saturated carbocycles. The predicted molar refractivity (Wildman–Crippen MR) is 114 cm³/mol. The van der Waals surface area contributed by atoms with Gasteiger partial charge in [-0.25, -0.2) is 15.0 Å². The van der Waals surface area contributed by atoms with Gasteiger partial charge in [-0.2, -0.15) is 0 Å². The summed E-state index contributed by atoms with van der Waals surface area (Å²) in [5.41, 5.74) is 2.07. The van der Waals surface area contributed by atoms with E-state index in [1.54, 1.807) is 6.20 Å². The van der Waals surface area contributed by atoms with Gasteiger partial charge in [-0.15, -0.1) is 0 Å². The molecule has 30 heavy (non-hydrogen) atoms. The average molecular weight is 428 g/mol. The molecule has 0 fully saturated rings. The smallest absolute Gasteiger partial charge is 0.245 e. The molecule has 0 bridgehead atoms. The van der Waals surface area contributed by atoms with Crippen molar-refractivity contribution in [1.29, 1.82) is 0 Å². The number of pyridine rings is 1. The number of anilines is 1. The Morgan fingerprint density at radius 1 is 1.07 bits per heavy atom. The van der Waals surface area contributed by atoms with Gasteiger partial charge in [0.05, 0.1) is 17.4 Å². The maximum atomic E-state index is 11.4. The number of rotatable bonds is 10. The fourth-order valence-corrected chi connectivity index (χ4v) is 2.67. The van der Waals surface area contributed by atoms with Gasteiger partial charge in [0.15, 0.2) is 0 Å². The van der Waals surface area contributed by atoms with Crippen molar-refractivity contribution in [2.45, 2.75) is 13.0 Å². The predicted octanol–water partition coefficient (Wildman–Crippen LogP) is 3.23. The van der Waals surface area contributed by atoms with Crippen LogP contribution in [0.15, 0.2) is 55.0 Å². The number of carbonyl (C=O) groups is 1. The van der Waals surface area contributed by atoms with E-state index in [2.05, 4.69) is 25.6 Å². The molecule has 0 saturated heterocycles. The number of hydrogen-bond acceptors (Lipinski definition) is 7. The molecule has 8 nitrogen and oxygen atoms in total. The molecule has 0 atom stereocenters. The quantitative estimate of drug-likeness (QED) is 0.512. The van der Waals surface area contributed by atoms with E-state index >= 15 is 0 Å². The molecule has 0 aliphatic carbocycles. The monoisotopic (exact) mass is 427 g/mol. The third-order valence-corrected chi connectivity index (χ3v) is 4.22. The van der Waals surface area contributed by atoms with E-state index < -0.39 is 0 Å². The molecule has 0 aliphatic rings. The molecule has 0 radical (unpaired) electrons. The number of aromatic nitrogens is 3. The molecule has 3 rings (SSSR count). The van der Waals surface area contributed by atoms with Crippen LogP contribution in [0.1, 0.15) is 11.1 Å². The topological polar surface area (TPSA) is 98.3 Å². The highest BCUT2D eigenvalue weighted by Gasteiger charge is 2.04. The zero-order valence-corrected chi connectivity index (χ0v) is 17.2. The Morgan fingerprint density at radius 2 is 1.83 bits per heavy atom. The molecule has 0 spiro atoms. The van der Waals surface area contributed by atoms with Gasteiger partial charge in [0.2, 0.25) is 17.7 Å². The molecule has 9 heteroatoms. The Labute approximate surface area is 179 Å². The molecule has 0 aliphatic heterocycles. The molecule has 2 N–H and O–H groups in total. The Kier molecular flexibility index (Phi) is 7.94. The highest BCUT2D eigenvalue weighted by atomic mass is 35.5. The second kappa shape index (κ2) is 11.1. The number of benzene rings is 1. The third kappa shape index (κ3) is 6.98. The minimum Gasteiger partial charge on any atom is -0.439 e. The molecule has 2 aromatic heterocycles. The van der Waals surface area contributed by atoms with E-state index in [1.165, 1.54) is 19.5 Å². The van der Waals surface area contributed by atoms with Gasteiger partial charge >= 0.3 is 0 Å². The number of ether oxygens (including phenoxy) is 2. The summed E-state index contributed by atoms with van der Waals surface area (Å²) >= 11 is 5.79. The van der Waals surface area contributed by atoms with Crippen molar-refractivity contribution in [3.05, 3.63) is 71.1 Å². The van der Waals surface area contributed by atoms with Gasteiger partial charge in [-0.05, 0) is 35.7 Å². The van der Waals surface area contributed by atoms with Crippen LogP contribution < -0.4 is 15.4 Å². The maximum absolute atomic E-state index is 11.4. The Balaban J connectivity index is 1.50. The van der Waals surface area contributed by atoms with Crippen LogP contribution in [0.25, 0.3) is 0 Å². The number of hydrogen-bond donors (Lipinski definition) is 2. The summed E-state index contributed by atoms with van der Waals surface area (Å²) in [6, 6.07) is 11.4. The number of amides is 1. The first-order valence-electron chi connectivity index (χ1n) is 9.31. The summed E-state index contributed by atoms with van der Waals surface area (Å²) in [6.07, 6.45) is 5.48. The summed E-state index contributed by atoms with van der Waals surface area (Å²) in [5, 5.41) is 6.40. The lowest BCUT2D eigenvalue weighted by atomic mass is 10.1. The van der Waals surface area contributed by atoms with E-state index in [9.17, 15) is 4.79 Å². The second-order valence-corrected chi connectivity index (χ2v) is 6.80.